The number of carbonyl (C=O) groups excluding carboxylic acids is 2. The van der Waals surface area contributed by atoms with Crippen molar-refractivity contribution >= 4 is 11.8 Å². The van der Waals surface area contributed by atoms with E-state index in [-0.39, 0.29) is 17.9 Å². The molecule has 1 aliphatic carbocycles. The molecule has 0 bridgehead atoms. The van der Waals surface area contributed by atoms with Gasteiger partial charge in [0.05, 0.1) is 0 Å². The van der Waals surface area contributed by atoms with Crippen molar-refractivity contribution in [3.05, 3.63) is 0 Å². The molecule has 1 rings (SSSR count). The summed E-state index contributed by atoms with van der Waals surface area (Å²) >= 11 is 0. The molecule has 104 valence electrons. The smallest absolute Gasteiger partial charge is 0.225 e. The molecule has 0 aromatic rings. The maximum atomic E-state index is 11.5. The molecule has 1 aliphatic rings. The van der Waals surface area contributed by atoms with Crippen LogP contribution < -0.4 is 16.4 Å². The van der Waals surface area contributed by atoms with Crippen LogP contribution in [0.1, 0.15) is 40.0 Å². The number of nitrogens with one attached hydrogen (secondary N) is 2. The zero-order chi connectivity index (χ0) is 13.8. The first-order valence-electron chi connectivity index (χ1n) is 6.61. The van der Waals surface area contributed by atoms with E-state index in [1.54, 1.807) is 0 Å². The van der Waals surface area contributed by atoms with Gasteiger partial charge in [-0.05, 0) is 18.8 Å². The van der Waals surface area contributed by atoms with Crippen LogP contribution in [-0.4, -0.2) is 30.9 Å². The summed E-state index contributed by atoms with van der Waals surface area (Å²) in [6, 6.07) is 0.0816. The van der Waals surface area contributed by atoms with Crippen molar-refractivity contribution in [2.75, 3.05) is 13.1 Å². The van der Waals surface area contributed by atoms with Crippen LogP contribution in [-0.2, 0) is 9.59 Å². The summed E-state index contributed by atoms with van der Waals surface area (Å²) in [7, 11) is 0. The van der Waals surface area contributed by atoms with Gasteiger partial charge in [-0.3, -0.25) is 9.59 Å². The lowest BCUT2D eigenvalue weighted by Gasteiger charge is -2.17. The average Bonchev–Trinajstić information content (AvgIpc) is 3.08. The SMILES string of the molecule is CC(C)(C)C(=O)NCCC(=O)NCC(N)C1CC1. The Labute approximate surface area is 109 Å². The second kappa shape index (κ2) is 6.18. The molecule has 0 saturated heterocycles. The molecule has 0 spiro atoms. The predicted molar refractivity (Wildman–Crippen MR) is 70.8 cm³/mol. The van der Waals surface area contributed by atoms with E-state index >= 15 is 0 Å². The summed E-state index contributed by atoms with van der Waals surface area (Å²) in [4.78, 5) is 23.1. The highest BCUT2D eigenvalue weighted by atomic mass is 16.2. The van der Waals surface area contributed by atoms with E-state index in [1.165, 1.54) is 12.8 Å². The number of hydrogen-bond donors (Lipinski definition) is 3. The van der Waals surface area contributed by atoms with E-state index in [4.69, 9.17) is 5.73 Å². The molecule has 18 heavy (non-hydrogen) atoms. The van der Waals surface area contributed by atoms with Gasteiger partial charge in [0, 0.05) is 31.0 Å². The van der Waals surface area contributed by atoms with Crippen LogP contribution in [0.4, 0.5) is 0 Å². The van der Waals surface area contributed by atoms with E-state index in [2.05, 4.69) is 10.6 Å². The van der Waals surface area contributed by atoms with Gasteiger partial charge in [-0.2, -0.15) is 0 Å². The summed E-state index contributed by atoms with van der Waals surface area (Å²) < 4.78 is 0. The van der Waals surface area contributed by atoms with Gasteiger partial charge in [0.1, 0.15) is 0 Å². The van der Waals surface area contributed by atoms with Crippen molar-refractivity contribution in [1.29, 1.82) is 0 Å². The topological polar surface area (TPSA) is 84.2 Å². The number of nitrogens with two attached hydrogens (primary N) is 1. The zero-order valence-electron chi connectivity index (χ0n) is 11.6. The molecule has 0 aliphatic heterocycles. The molecule has 1 unspecified atom stereocenters. The molecular formula is C13H25N3O2. The molecular weight excluding hydrogens is 230 g/mol. The monoisotopic (exact) mass is 255 g/mol. The summed E-state index contributed by atoms with van der Waals surface area (Å²) in [5, 5.41) is 5.55. The zero-order valence-corrected chi connectivity index (χ0v) is 11.6. The van der Waals surface area contributed by atoms with Crippen LogP contribution >= 0.6 is 0 Å². The first-order chi connectivity index (χ1) is 8.30. The van der Waals surface area contributed by atoms with E-state index in [1.807, 2.05) is 20.8 Å². The Kier molecular flexibility index (Phi) is 5.14. The molecule has 1 atom stereocenters. The fraction of sp³-hybridized carbons (Fsp3) is 0.846. The highest BCUT2D eigenvalue weighted by Crippen LogP contribution is 2.31. The first-order valence-corrected chi connectivity index (χ1v) is 6.61. The maximum absolute atomic E-state index is 11.5. The average molecular weight is 255 g/mol. The highest BCUT2D eigenvalue weighted by molar-refractivity contribution is 5.82. The summed E-state index contributed by atoms with van der Waals surface area (Å²) in [5.74, 6) is 0.496. The van der Waals surface area contributed by atoms with Crippen molar-refractivity contribution in [2.24, 2.45) is 17.1 Å². The van der Waals surface area contributed by atoms with Crippen molar-refractivity contribution in [3.63, 3.8) is 0 Å². The minimum Gasteiger partial charge on any atom is -0.355 e. The van der Waals surface area contributed by atoms with Crippen molar-refractivity contribution < 1.29 is 9.59 Å². The number of amides is 2. The van der Waals surface area contributed by atoms with Gasteiger partial charge in [-0.1, -0.05) is 20.8 Å². The van der Waals surface area contributed by atoms with Gasteiger partial charge >= 0.3 is 0 Å². The summed E-state index contributed by atoms with van der Waals surface area (Å²) in [5.41, 5.74) is 5.46. The molecule has 1 fully saturated rings. The lowest BCUT2D eigenvalue weighted by Crippen LogP contribution is -2.41. The summed E-state index contributed by atoms with van der Waals surface area (Å²) in [6.07, 6.45) is 2.66. The van der Waals surface area contributed by atoms with E-state index < -0.39 is 5.41 Å². The fourth-order valence-corrected chi connectivity index (χ4v) is 1.57. The Morgan fingerprint density at radius 1 is 1.28 bits per heavy atom. The Morgan fingerprint density at radius 2 is 1.89 bits per heavy atom. The highest BCUT2D eigenvalue weighted by Gasteiger charge is 2.28. The van der Waals surface area contributed by atoms with Gasteiger partial charge in [0.25, 0.3) is 0 Å². The Bertz CT molecular complexity index is 306. The minimum atomic E-state index is -0.412. The molecule has 0 heterocycles. The van der Waals surface area contributed by atoms with Gasteiger partial charge < -0.3 is 16.4 Å². The van der Waals surface area contributed by atoms with Crippen molar-refractivity contribution in [2.45, 2.75) is 46.1 Å². The van der Waals surface area contributed by atoms with Crippen LogP contribution in [0.5, 0.6) is 0 Å². The standard InChI is InChI=1S/C13H25N3O2/c1-13(2,3)12(18)15-7-6-11(17)16-8-10(14)9-4-5-9/h9-10H,4-8,14H2,1-3H3,(H,15,18)(H,16,17). The van der Waals surface area contributed by atoms with Crippen molar-refractivity contribution in [1.82, 2.24) is 10.6 Å². The largest absolute Gasteiger partial charge is 0.355 e. The van der Waals surface area contributed by atoms with Crippen LogP contribution in [0.25, 0.3) is 0 Å². The van der Waals surface area contributed by atoms with Crippen LogP contribution in [0.3, 0.4) is 0 Å². The second-order valence-electron chi connectivity index (χ2n) is 6.06. The molecule has 5 nitrogen and oxygen atoms in total. The molecule has 1 saturated carbocycles. The predicted octanol–water partition coefficient (Wildman–Crippen LogP) is 0.392. The van der Waals surface area contributed by atoms with Gasteiger partial charge in [-0.25, -0.2) is 0 Å². The normalized spacial score (nSPS) is 17.1. The third-order valence-corrected chi connectivity index (χ3v) is 3.08. The first kappa shape index (κ1) is 15.0. The molecule has 0 aromatic heterocycles. The van der Waals surface area contributed by atoms with Crippen LogP contribution in [0.2, 0.25) is 0 Å². The quantitative estimate of drug-likeness (QED) is 0.642. The lowest BCUT2D eigenvalue weighted by molar-refractivity contribution is -0.128. The number of hydrogen-bond acceptors (Lipinski definition) is 3. The Hall–Kier alpha value is -1.10. The van der Waals surface area contributed by atoms with Crippen LogP contribution in [0, 0.1) is 11.3 Å². The molecule has 0 radical (unpaired) electrons. The molecule has 4 N–H and O–H groups in total. The van der Waals surface area contributed by atoms with Gasteiger partial charge in [0.15, 0.2) is 0 Å². The van der Waals surface area contributed by atoms with Gasteiger partial charge in [-0.15, -0.1) is 0 Å². The van der Waals surface area contributed by atoms with Crippen LogP contribution in [0.15, 0.2) is 0 Å². The third kappa shape index (κ3) is 5.49. The third-order valence-electron chi connectivity index (χ3n) is 3.08. The molecule has 0 aromatic carbocycles. The second-order valence-corrected chi connectivity index (χ2v) is 6.06. The fourth-order valence-electron chi connectivity index (χ4n) is 1.57. The Morgan fingerprint density at radius 3 is 2.39 bits per heavy atom. The maximum Gasteiger partial charge on any atom is 0.225 e. The lowest BCUT2D eigenvalue weighted by atomic mass is 9.96. The molecule has 2 amide bonds. The van der Waals surface area contributed by atoms with E-state index in [0.29, 0.717) is 25.4 Å². The molecule has 5 heteroatoms. The van der Waals surface area contributed by atoms with Gasteiger partial charge in [0.2, 0.25) is 11.8 Å². The van der Waals surface area contributed by atoms with Crippen molar-refractivity contribution in [3.8, 4) is 0 Å². The number of rotatable bonds is 6. The summed E-state index contributed by atoms with van der Waals surface area (Å²) in [6.45, 7) is 6.45. The Balaban J connectivity index is 2.08. The number of carbonyl (C=O) groups is 2. The van der Waals surface area contributed by atoms with E-state index in [0.717, 1.165) is 0 Å². The van der Waals surface area contributed by atoms with E-state index in [9.17, 15) is 9.59 Å². The minimum absolute atomic E-state index is 0.0371.